The Bertz CT molecular complexity index is 781. The minimum atomic E-state index is -3.73. The number of imidazole rings is 1. The molecule has 190 valence electrons. The van der Waals surface area contributed by atoms with Gasteiger partial charge in [-0.2, -0.15) is 0 Å². The lowest BCUT2D eigenvalue weighted by Gasteiger charge is -2.33. The van der Waals surface area contributed by atoms with Crippen molar-refractivity contribution in [2.75, 3.05) is 12.3 Å². The number of carbonyl (C=O) groups excluding carboxylic acids is 1. The first-order chi connectivity index (χ1) is 15.8. The van der Waals surface area contributed by atoms with Crippen molar-refractivity contribution >= 4 is 15.9 Å². The molecule has 4 unspecified atom stereocenters. The lowest BCUT2D eigenvalue weighted by molar-refractivity contribution is -0.127. The van der Waals surface area contributed by atoms with Crippen LogP contribution in [0.3, 0.4) is 0 Å². The Morgan fingerprint density at radius 2 is 1.97 bits per heavy atom. The lowest BCUT2D eigenvalue weighted by Crippen LogP contribution is -2.53. The molecule has 0 spiro atoms. The highest BCUT2D eigenvalue weighted by Crippen LogP contribution is 2.28. The number of amides is 1. The van der Waals surface area contributed by atoms with E-state index in [1.54, 1.807) is 12.5 Å². The first-order valence-corrected chi connectivity index (χ1v) is 14.0. The summed E-state index contributed by atoms with van der Waals surface area (Å²) in [6.45, 7) is 4.19. The number of aromatic nitrogens is 2. The van der Waals surface area contributed by atoms with Crippen molar-refractivity contribution < 1.29 is 23.4 Å². The standard InChI is InChI=1S/C23H42N4O5S/c1-3-5-11-26-33(31,32)15-21(28)22(29)20(12-17-9-7-6-8-10-17)27-23(30)18(4-2)13-19-14-24-16-25-19/h14,16-18,20-22,26,28-29H,3-13,15H2,1-2H3,(H,24,25)(H,27,30). The van der Waals surface area contributed by atoms with E-state index < -0.39 is 34.0 Å². The summed E-state index contributed by atoms with van der Waals surface area (Å²) in [5.41, 5.74) is 0.852. The van der Waals surface area contributed by atoms with E-state index >= 15 is 0 Å². The number of aliphatic hydroxyl groups is 2. The van der Waals surface area contributed by atoms with E-state index in [2.05, 4.69) is 20.0 Å². The number of aromatic amines is 1. The van der Waals surface area contributed by atoms with Gasteiger partial charge in [-0.3, -0.25) is 4.79 Å². The molecule has 1 aromatic rings. The van der Waals surface area contributed by atoms with E-state index in [9.17, 15) is 23.4 Å². The Kier molecular flexibility index (Phi) is 11.8. The molecule has 0 aromatic carbocycles. The zero-order valence-corrected chi connectivity index (χ0v) is 20.8. The van der Waals surface area contributed by atoms with Gasteiger partial charge < -0.3 is 20.5 Å². The van der Waals surface area contributed by atoms with Crippen LogP contribution in [0.5, 0.6) is 0 Å². The highest BCUT2D eigenvalue weighted by molar-refractivity contribution is 7.89. The van der Waals surface area contributed by atoms with E-state index in [1.807, 2.05) is 13.8 Å². The predicted molar refractivity (Wildman–Crippen MR) is 128 cm³/mol. The Morgan fingerprint density at radius 1 is 1.24 bits per heavy atom. The Balaban J connectivity index is 2.06. The van der Waals surface area contributed by atoms with Crippen LogP contribution in [0, 0.1) is 11.8 Å². The number of carbonyl (C=O) groups is 1. The van der Waals surface area contributed by atoms with Crippen LogP contribution in [0.15, 0.2) is 12.5 Å². The number of rotatable bonds is 15. The van der Waals surface area contributed by atoms with Crippen molar-refractivity contribution in [3.8, 4) is 0 Å². The van der Waals surface area contributed by atoms with E-state index in [-0.39, 0.29) is 11.8 Å². The minimum absolute atomic E-state index is 0.205. The molecule has 9 nitrogen and oxygen atoms in total. The van der Waals surface area contributed by atoms with Crippen molar-refractivity contribution in [1.82, 2.24) is 20.0 Å². The van der Waals surface area contributed by atoms with Crippen molar-refractivity contribution in [3.05, 3.63) is 18.2 Å². The molecule has 4 atom stereocenters. The van der Waals surface area contributed by atoms with Crippen LogP contribution in [0.2, 0.25) is 0 Å². The highest BCUT2D eigenvalue weighted by atomic mass is 32.2. The van der Waals surface area contributed by atoms with Gasteiger partial charge in [-0.15, -0.1) is 0 Å². The summed E-state index contributed by atoms with van der Waals surface area (Å²) < 4.78 is 27.1. The van der Waals surface area contributed by atoms with Gasteiger partial charge in [-0.05, 0) is 25.2 Å². The first-order valence-electron chi connectivity index (χ1n) is 12.4. The van der Waals surface area contributed by atoms with Crippen LogP contribution in [-0.4, -0.2) is 65.1 Å². The fourth-order valence-electron chi connectivity index (χ4n) is 4.51. The Labute approximate surface area is 198 Å². The first kappa shape index (κ1) is 27.8. The second kappa shape index (κ2) is 14.0. The number of hydrogen-bond donors (Lipinski definition) is 5. The Morgan fingerprint density at radius 3 is 2.58 bits per heavy atom. The molecule has 5 N–H and O–H groups in total. The van der Waals surface area contributed by atoms with Gasteiger partial charge in [0.25, 0.3) is 0 Å². The topological polar surface area (TPSA) is 144 Å². The number of nitrogens with one attached hydrogen (secondary N) is 3. The fraction of sp³-hybridized carbons (Fsp3) is 0.826. The second-order valence-electron chi connectivity index (χ2n) is 9.33. The molecule has 10 heteroatoms. The molecule has 1 heterocycles. The van der Waals surface area contributed by atoms with Crippen LogP contribution >= 0.6 is 0 Å². The summed E-state index contributed by atoms with van der Waals surface area (Å²) in [7, 11) is -3.73. The number of hydrogen-bond acceptors (Lipinski definition) is 6. The number of aliphatic hydroxyl groups excluding tert-OH is 2. The highest BCUT2D eigenvalue weighted by Gasteiger charge is 2.34. The molecule has 0 radical (unpaired) electrons. The third kappa shape index (κ3) is 9.72. The molecular weight excluding hydrogens is 444 g/mol. The maximum absolute atomic E-state index is 13.1. The van der Waals surface area contributed by atoms with Gasteiger partial charge in [0.05, 0.1) is 24.2 Å². The molecule has 1 aliphatic carbocycles. The van der Waals surface area contributed by atoms with Gasteiger partial charge in [0.15, 0.2) is 0 Å². The molecule has 1 amide bonds. The minimum Gasteiger partial charge on any atom is -0.389 e. The molecule has 33 heavy (non-hydrogen) atoms. The third-order valence-electron chi connectivity index (χ3n) is 6.57. The van der Waals surface area contributed by atoms with Crippen LogP contribution in [0.4, 0.5) is 0 Å². The summed E-state index contributed by atoms with van der Waals surface area (Å²) in [5, 5.41) is 24.5. The second-order valence-corrected chi connectivity index (χ2v) is 11.2. The summed E-state index contributed by atoms with van der Waals surface area (Å²) >= 11 is 0. The fourth-order valence-corrected chi connectivity index (χ4v) is 5.73. The monoisotopic (exact) mass is 486 g/mol. The van der Waals surface area contributed by atoms with Gasteiger partial charge in [-0.1, -0.05) is 52.4 Å². The normalized spacial score (nSPS) is 19.0. The van der Waals surface area contributed by atoms with E-state index in [0.29, 0.717) is 38.1 Å². The van der Waals surface area contributed by atoms with E-state index in [1.165, 1.54) is 6.42 Å². The van der Waals surface area contributed by atoms with Crippen LogP contribution < -0.4 is 10.0 Å². The molecule has 0 saturated heterocycles. The quantitative estimate of drug-likeness (QED) is 0.239. The average Bonchev–Trinajstić information content (AvgIpc) is 3.30. The van der Waals surface area contributed by atoms with E-state index in [0.717, 1.165) is 37.8 Å². The maximum atomic E-state index is 13.1. The smallest absolute Gasteiger partial charge is 0.223 e. The van der Waals surface area contributed by atoms with Crippen molar-refractivity contribution in [2.45, 2.75) is 96.3 Å². The number of unbranched alkanes of at least 4 members (excludes halogenated alkanes) is 1. The Hall–Kier alpha value is -1.49. The van der Waals surface area contributed by atoms with Crippen molar-refractivity contribution in [1.29, 1.82) is 0 Å². The molecule has 1 aliphatic rings. The zero-order valence-electron chi connectivity index (χ0n) is 20.0. The molecule has 0 bridgehead atoms. The van der Waals surface area contributed by atoms with Gasteiger partial charge in [0, 0.05) is 30.8 Å². The van der Waals surface area contributed by atoms with Gasteiger partial charge in [0.1, 0.15) is 6.10 Å². The summed E-state index contributed by atoms with van der Waals surface area (Å²) in [6.07, 6.45) is 8.98. The van der Waals surface area contributed by atoms with Gasteiger partial charge >= 0.3 is 0 Å². The molecule has 0 aliphatic heterocycles. The molecule has 1 fully saturated rings. The van der Waals surface area contributed by atoms with Crippen LogP contribution in [0.1, 0.15) is 77.3 Å². The van der Waals surface area contributed by atoms with Crippen molar-refractivity contribution in [3.63, 3.8) is 0 Å². The zero-order chi connectivity index (χ0) is 24.3. The average molecular weight is 487 g/mol. The number of sulfonamides is 1. The molecule has 1 aromatic heterocycles. The van der Waals surface area contributed by atoms with Crippen molar-refractivity contribution in [2.24, 2.45) is 11.8 Å². The largest absolute Gasteiger partial charge is 0.389 e. The third-order valence-corrected chi connectivity index (χ3v) is 8.00. The SMILES string of the molecule is CCCCNS(=O)(=O)CC(O)C(O)C(CC1CCCCC1)NC(=O)C(CC)Cc1cnc[nH]1. The van der Waals surface area contributed by atoms with E-state index in [4.69, 9.17) is 0 Å². The molecule has 1 saturated carbocycles. The summed E-state index contributed by atoms with van der Waals surface area (Å²) in [5.74, 6) is -0.788. The predicted octanol–water partition coefficient (Wildman–Crippen LogP) is 1.87. The molecule has 2 rings (SSSR count). The number of nitrogens with zero attached hydrogens (tertiary/aromatic N) is 1. The van der Waals surface area contributed by atoms with Crippen LogP contribution in [-0.2, 0) is 21.2 Å². The van der Waals surface area contributed by atoms with Gasteiger partial charge in [0.2, 0.25) is 15.9 Å². The van der Waals surface area contributed by atoms with Gasteiger partial charge in [-0.25, -0.2) is 18.1 Å². The van der Waals surface area contributed by atoms with Crippen LogP contribution in [0.25, 0.3) is 0 Å². The lowest BCUT2D eigenvalue weighted by atomic mass is 9.83. The summed E-state index contributed by atoms with van der Waals surface area (Å²) in [6, 6.07) is -0.711. The maximum Gasteiger partial charge on any atom is 0.223 e. The number of H-pyrrole nitrogens is 1. The molecular formula is C23H42N4O5S. The summed E-state index contributed by atoms with van der Waals surface area (Å²) in [4.78, 5) is 20.1.